The number of nitrogens with one attached hydrogen (secondary N) is 1. The number of benzene rings is 5. The average molecular weight is 895 g/mol. The highest BCUT2D eigenvalue weighted by atomic mass is 35.5. The van der Waals surface area contributed by atoms with Gasteiger partial charge in [0.25, 0.3) is 11.8 Å². The van der Waals surface area contributed by atoms with Crippen molar-refractivity contribution < 1.29 is 55.4 Å². The third-order valence-corrected chi connectivity index (χ3v) is 13.2. The van der Waals surface area contributed by atoms with Gasteiger partial charge in [0.1, 0.15) is 11.5 Å². The summed E-state index contributed by atoms with van der Waals surface area (Å²) < 4.78 is 89.6. The predicted octanol–water partition coefficient (Wildman–Crippen LogP) is 10.1. The number of hydrazine groups is 1. The molecule has 6 unspecified atom stereocenters. The van der Waals surface area contributed by atoms with Gasteiger partial charge in [0.15, 0.2) is 0 Å². The highest BCUT2D eigenvalue weighted by Crippen LogP contribution is 2.66. The van der Waals surface area contributed by atoms with Crippen molar-refractivity contribution in [3.63, 3.8) is 0 Å². The SMILES string of the molecule is COc1ccc(C23C(=O)N(Nc4ccc(Cl)cc4Cl)C(=O)C2CC2C(=CCC4C(=O)N(c5cc(C(F)(F)F)cc(C(F)(F)F)c5)C(=O)C42)C3c2c(O)ccc3ccccc23)cc1. The summed E-state index contributed by atoms with van der Waals surface area (Å²) in [5, 5.41) is 14.2. The first-order valence-corrected chi connectivity index (χ1v) is 19.9. The van der Waals surface area contributed by atoms with E-state index in [1.807, 2.05) is 0 Å². The molecule has 0 aromatic heterocycles. The van der Waals surface area contributed by atoms with E-state index in [0.717, 1.165) is 5.01 Å². The molecule has 62 heavy (non-hydrogen) atoms. The number of halogens is 8. The molecule has 2 aliphatic heterocycles. The van der Waals surface area contributed by atoms with Crippen LogP contribution in [0.2, 0.25) is 10.0 Å². The van der Waals surface area contributed by atoms with Crippen LogP contribution in [0, 0.1) is 23.7 Å². The molecule has 17 heteroatoms. The quantitative estimate of drug-likeness (QED) is 0.0991. The lowest BCUT2D eigenvalue weighted by Gasteiger charge is -2.51. The Morgan fingerprint density at radius 3 is 2.11 bits per heavy atom. The number of aromatic hydroxyl groups is 1. The van der Waals surface area contributed by atoms with Crippen molar-refractivity contribution in [2.45, 2.75) is 36.5 Å². The molecule has 2 aliphatic carbocycles. The zero-order chi connectivity index (χ0) is 44.2. The number of hydrogen-bond donors (Lipinski definition) is 2. The fourth-order valence-electron chi connectivity index (χ4n) is 10.1. The Balaban J connectivity index is 1.27. The van der Waals surface area contributed by atoms with E-state index in [2.05, 4.69) is 5.43 Å². The number of nitrogens with zero attached hydrogens (tertiary/aromatic N) is 2. The van der Waals surface area contributed by atoms with E-state index in [-0.39, 0.29) is 46.0 Å². The Kier molecular flexibility index (Phi) is 9.67. The van der Waals surface area contributed by atoms with E-state index in [0.29, 0.717) is 44.7 Å². The van der Waals surface area contributed by atoms with Crippen molar-refractivity contribution in [3.8, 4) is 11.5 Å². The summed E-state index contributed by atoms with van der Waals surface area (Å²) in [7, 11) is 1.44. The zero-order valence-electron chi connectivity index (χ0n) is 32.0. The first-order valence-electron chi connectivity index (χ1n) is 19.2. The molecule has 4 aliphatic rings. The second-order valence-corrected chi connectivity index (χ2v) is 16.6. The molecule has 4 amide bonds. The van der Waals surface area contributed by atoms with E-state index in [1.54, 1.807) is 60.7 Å². The Hall–Kier alpha value is -6.06. The standard InChI is InChI=1S/C45H31Cl2F6N3O6/c1-62-27-10-7-22(8-11-27)43-32(40(59)56(42(43)61)54-34-14-9-25(46)19-33(34)47)20-31-29(38(43)37-28-5-3-2-4-21(28)6-15-35(37)57)12-13-30-36(31)41(60)55(39(30)58)26-17-23(44(48,49)50)16-24(18-26)45(51,52)53/h2-12,14-19,30-32,36,38,54,57H,13,20H2,1H3. The first kappa shape index (κ1) is 41.3. The third kappa shape index (κ3) is 6.22. The number of phenols is 1. The van der Waals surface area contributed by atoms with Crippen molar-refractivity contribution in [3.05, 3.63) is 141 Å². The van der Waals surface area contributed by atoms with Crippen molar-refractivity contribution in [2.24, 2.45) is 23.7 Å². The summed E-state index contributed by atoms with van der Waals surface area (Å²) >= 11 is 12.7. The van der Waals surface area contributed by atoms with Gasteiger partial charge in [-0.25, -0.2) is 4.90 Å². The molecule has 0 bridgehead atoms. The van der Waals surface area contributed by atoms with Gasteiger partial charge in [-0.3, -0.25) is 24.6 Å². The zero-order valence-corrected chi connectivity index (χ0v) is 33.5. The lowest BCUT2D eigenvalue weighted by molar-refractivity contribution is -0.143. The van der Waals surface area contributed by atoms with E-state index < -0.39 is 87.8 Å². The van der Waals surface area contributed by atoms with Crippen LogP contribution in [0.4, 0.5) is 37.7 Å². The molecular weight excluding hydrogens is 863 g/mol. The van der Waals surface area contributed by atoms with E-state index >= 15 is 9.59 Å². The van der Waals surface area contributed by atoms with Gasteiger partial charge < -0.3 is 9.84 Å². The van der Waals surface area contributed by atoms with Gasteiger partial charge in [0.2, 0.25) is 11.8 Å². The highest BCUT2D eigenvalue weighted by Gasteiger charge is 2.71. The number of fused-ring (bicyclic) bond motifs is 5. The van der Waals surface area contributed by atoms with E-state index in [1.165, 1.54) is 31.4 Å². The maximum absolute atomic E-state index is 15.6. The Bertz CT molecular complexity index is 2750. The molecular formula is C45H31Cl2F6N3O6. The fraction of sp³-hybridized carbons (Fsp3) is 0.244. The molecule has 5 aromatic rings. The molecule has 0 radical (unpaired) electrons. The van der Waals surface area contributed by atoms with Crippen LogP contribution in [-0.2, 0) is 36.9 Å². The molecule has 6 atom stereocenters. The normalized spacial score (nSPS) is 24.9. The van der Waals surface area contributed by atoms with Gasteiger partial charge in [0.05, 0.1) is 57.8 Å². The summed E-state index contributed by atoms with van der Waals surface area (Å²) in [5.74, 6) is -9.82. The van der Waals surface area contributed by atoms with Crippen LogP contribution >= 0.6 is 23.2 Å². The van der Waals surface area contributed by atoms with Crippen LogP contribution in [0.5, 0.6) is 11.5 Å². The molecule has 9 rings (SSSR count). The minimum absolute atomic E-state index is 0.0624. The number of allylic oxidation sites excluding steroid dienone is 2. The van der Waals surface area contributed by atoms with Gasteiger partial charge in [-0.1, -0.05) is 77.3 Å². The van der Waals surface area contributed by atoms with Gasteiger partial charge in [0, 0.05) is 16.5 Å². The molecule has 0 spiro atoms. The third-order valence-electron chi connectivity index (χ3n) is 12.6. The Labute approximate surface area is 358 Å². The second kappa shape index (κ2) is 14.5. The van der Waals surface area contributed by atoms with Crippen molar-refractivity contribution >= 4 is 69.0 Å². The molecule has 5 aromatic carbocycles. The molecule has 9 nitrogen and oxygen atoms in total. The number of rotatable bonds is 6. The number of alkyl halides is 6. The van der Waals surface area contributed by atoms with Crippen LogP contribution in [0.25, 0.3) is 10.8 Å². The first-order chi connectivity index (χ1) is 29.4. The number of phenolic OH excluding ortho intramolecular Hbond substituents is 1. The number of imide groups is 2. The Morgan fingerprint density at radius 1 is 0.790 bits per heavy atom. The second-order valence-electron chi connectivity index (χ2n) is 15.7. The lowest BCUT2D eigenvalue weighted by Crippen LogP contribution is -2.53. The maximum atomic E-state index is 15.6. The number of anilines is 2. The highest BCUT2D eigenvalue weighted by molar-refractivity contribution is 6.36. The number of methoxy groups -OCH3 is 1. The van der Waals surface area contributed by atoms with Crippen molar-refractivity contribution in [1.82, 2.24) is 5.01 Å². The molecule has 318 valence electrons. The van der Waals surface area contributed by atoms with E-state index in [9.17, 15) is 41.0 Å². The lowest BCUT2D eigenvalue weighted by atomic mass is 9.48. The fourth-order valence-corrected chi connectivity index (χ4v) is 10.5. The monoisotopic (exact) mass is 893 g/mol. The van der Waals surface area contributed by atoms with Crippen molar-refractivity contribution in [2.75, 3.05) is 17.4 Å². The Morgan fingerprint density at radius 2 is 1.47 bits per heavy atom. The van der Waals surface area contributed by atoms with E-state index in [4.69, 9.17) is 27.9 Å². The minimum Gasteiger partial charge on any atom is -0.508 e. The number of carbonyl (C=O) groups is 4. The molecule has 2 N–H and O–H groups in total. The number of ether oxygens (including phenoxy) is 1. The number of carbonyl (C=O) groups excluding carboxylic acids is 4. The van der Waals surface area contributed by atoms with Crippen LogP contribution < -0.4 is 15.1 Å². The average Bonchev–Trinajstić information content (AvgIpc) is 3.61. The summed E-state index contributed by atoms with van der Waals surface area (Å²) in [4.78, 5) is 60.1. The number of amides is 4. The molecule has 1 saturated carbocycles. The molecule has 2 heterocycles. The summed E-state index contributed by atoms with van der Waals surface area (Å²) in [6.45, 7) is 0. The van der Waals surface area contributed by atoms with Crippen LogP contribution in [0.1, 0.15) is 41.0 Å². The van der Waals surface area contributed by atoms with Crippen LogP contribution in [-0.4, -0.2) is 40.9 Å². The van der Waals surface area contributed by atoms with Crippen LogP contribution in [0.3, 0.4) is 0 Å². The summed E-state index contributed by atoms with van der Waals surface area (Å²) in [6.07, 6.45) is -9.38. The topological polar surface area (TPSA) is 116 Å². The van der Waals surface area contributed by atoms with Gasteiger partial charge in [-0.2, -0.15) is 31.4 Å². The summed E-state index contributed by atoms with van der Waals surface area (Å²) in [5.41, 5.74) is -2.31. The van der Waals surface area contributed by atoms with Gasteiger partial charge >= 0.3 is 12.4 Å². The predicted molar refractivity (Wildman–Crippen MR) is 215 cm³/mol. The van der Waals surface area contributed by atoms with Gasteiger partial charge in [-0.15, -0.1) is 0 Å². The minimum atomic E-state index is -5.27. The van der Waals surface area contributed by atoms with Gasteiger partial charge in [-0.05, 0) is 89.7 Å². The maximum Gasteiger partial charge on any atom is 0.416 e. The summed E-state index contributed by atoms with van der Waals surface area (Å²) in [6, 6.07) is 21.4. The molecule has 3 fully saturated rings. The van der Waals surface area contributed by atoms with Crippen molar-refractivity contribution in [1.29, 1.82) is 0 Å². The smallest absolute Gasteiger partial charge is 0.416 e. The number of hydrogen-bond acceptors (Lipinski definition) is 7. The largest absolute Gasteiger partial charge is 0.508 e. The molecule has 2 saturated heterocycles. The van der Waals surface area contributed by atoms with Crippen LogP contribution in [0.15, 0.2) is 109 Å².